The molecule has 0 aliphatic heterocycles. The topological polar surface area (TPSA) is 84.6 Å². The maximum Gasteiger partial charge on any atom is 0.412 e. The van der Waals surface area contributed by atoms with Gasteiger partial charge in [0, 0.05) is 0 Å². The molecule has 118 valence electrons. The van der Waals surface area contributed by atoms with E-state index in [4.69, 9.17) is 10.5 Å². The number of hydrogen-bond acceptors (Lipinski definition) is 4. The average molecular weight is 294 g/mol. The second-order valence-electron chi connectivity index (χ2n) is 6.78. The van der Waals surface area contributed by atoms with Gasteiger partial charge in [0.1, 0.15) is 11.4 Å². The van der Waals surface area contributed by atoms with Crippen molar-refractivity contribution in [2.45, 2.75) is 52.1 Å². The van der Waals surface area contributed by atoms with E-state index in [9.17, 15) is 9.90 Å². The number of carbonyl (C=O) groups excluding carboxylic acids is 1. The van der Waals surface area contributed by atoms with E-state index in [0.717, 1.165) is 12.0 Å². The first-order valence-corrected chi connectivity index (χ1v) is 7.09. The van der Waals surface area contributed by atoms with Crippen molar-refractivity contribution < 1.29 is 14.6 Å². The lowest BCUT2D eigenvalue weighted by molar-refractivity contribution is 0.0635. The number of anilines is 1. The second-order valence-corrected chi connectivity index (χ2v) is 6.78. The molecule has 0 unspecified atom stereocenters. The lowest BCUT2D eigenvalue weighted by Gasteiger charge is -2.25. The minimum atomic E-state index is -0.591. The summed E-state index contributed by atoms with van der Waals surface area (Å²) in [4.78, 5) is 11.7. The molecule has 0 bridgehead atoms. The van der Waals surface area contributed by atoms with Gasteiger partial charge in [0.25, 0.3) is 0 Å². The Bertz CT molecular complexity index is 505. The van der Waals surface area contributed by atoms with Gasteiger partial charge in [-0.05, 0) is 56.8 Å². The van der Waals surface area contributed by atoms with Crippen LogP contribution in [-0.2, 0) is 10.2 Å². The second kappa shape index (κ2) is 6.35. The number of rotatable bonds is 4. The summed E-state index contributed by atoms with van der Waals surface area (Å²) < 4.78 is 5.16. The van der Waals surface area contributed by atoms with Crippen LogP contribution in [0.5, 0.6) is 5.75 Å². The van der Waals surface area contributed by atoms with E-state index < -0.39 is 11.7 Å². The van der Waals surface area contributed by atoms with Crippen molar-refractivity contribution in [3.8, 4) is 5.75 Å². The lowest BCUT2D eigenvalue weighted by Crippen LogP contribution is -2.27. The van der Waals surface area contributed by atoms with Gasteiger partial charge in [-0.25, -0.2) is 4.79 Å². The number of amides is 1. The SMILES string of the molecule is CC(C)(C)OC(=O)Nc1ccc(C(C)(C)CCN)cc1O. The molecule has 0 radical (unpaired) electrons. The number of aromatic hydroxyl groups is 1. The molecule has 0 heterocycles. The minimum absolute atomic E-state index is 0.0171. The van der Waals surface area contributed by atoms with Crippen molar-refractivity contribution in [1.82, 2.24) is 0 Å². The van der Waals surface area contributed by atoms with Gasteiger partial charge in [0.2, 0.25) is 0 Å². The first kappa shape index (κ1) is 17.3. The molecule has 1 aromatic rings. The highest BCUT2D eigenvalue weighted by Crippen LogP contribution is 2.33. The standard InChI is InChI=1S/C16H26N2O3/c1-15(2,3)21-14(20)18-12-7-6-11(10-13(12)19)16(4,5)8-9-17/h6-7,10,19H,8-9,17H2,1-5H3,(H,18,20). The molecular weight excluding hydrogens is 268 g/mol. The third-order valence-corrected chi connectivity index (χ3v) is 3.18. The Labute approximate surface area is 126 Å². The number of nitrogens with one attached hydrogen (secondary N) is 1. The zero-order chi connectivity index (χ0) is 16.3. The Morgan fingerprint density at radius 3 is 2.38 bits per heavy atom. The van der Waals surface area contributed by atoms with Crippen molar-refractivity contribution >= 4 is 11.8 Å². The van der Waals surface area contributed by atoms with Crippen LogP contribution >= 0.6 is 0 Å². The molecule has 0 aliphatic rings. The van der Waals surface area contributed by atoms with E-state index in [1.165, 1.54) is 0 Å². The van der Waals surface area contributed by atoms with Crippen molar-refractivity contribution in [1.29, 1.82) is 0 Å². The summed E-state index contributed by atoms with van der Waals surface area (Å²) in [6, 6.07) is 5.21. The highest BCUT2D eigenvalue weighted by molar-refractivity contribution is 5.87. The maximum atomic E-state index is 11.7. The van der Waals surface area contributed by atoms with Crippen LogP contribution in [-0.4, -0.2) is 23.3 Å². The maximum absolute atomic E-state index is 11.7. The first-order chi connectivity index (χ1) is 9.55. The smallest absolute Gasteiger partial charge is 0.412 e. The molecule has 1 rings (SSSR count). The minimum Gasteiger partial charge on any atom is -0.506 e. The van der Waals surface area contributed by atoms with E-state index in [-0.39, 0.29) is 11.2 Å². The van der Waals surface area contributed by atoms with Crippen LogP contribution in [0.25, 0.3) is 0 Å². The summed E-state index contributed by atoms with van der Waals surface area (Å²) in [7, 11) is 0. The van der Waals surface area contributed by atoms with Crippen molar-refractivity contribution in [2.24, 2.45) is 5.73 Å². The molecular formula is C16H26N2O3. The van der Waals surface area contributed by atoms with Crippen LogP contribution in [0.15, 0.2) is 18.2 Å². The predicted molar refractivity (Wildman–Crippen MR) is 84.7 cm³/mol. The Morgan fingerprint density at radius 2 is 1.90 bits per heavy atom. The molecule has 1 aromatic carbocycles. The van der Waals surface area contributed by atoms with Gasteiger partial charge < -0.3 is 15.6 Å². The van der Waals surface area contributed by atoms with Gasteiger partial charge in [0.15, 0.2) is 0 Å². The summed E-state index contributed by atoms with van der Waals surface area (Å²) in [6.07, 6.45) is 0.220. The quantitative estimate of drug-likeness (QED) is 0.743. The fourth-order valence-corrected chi connectivity index (χ4v) is 1.98. The molecule has 0 saturated carbocycles. The monoisotopic (exact) mass is 294 g/mol. The van der Waals surface area contributed by atoms with Gasteiger partial charge in [0.05, 0.1) is 5.69 Å². The van der Waals surface area contributed by atoms with Gasteiger partial charge in [-0.2, -0.15) is 0 Å². The summed E-state index contributed by atoms with van der Waals surface area (Å²) in [5.41, 5.74) is 6.20. The molecule has 0 aromatic heterocycles. The number of carbonyl (C=O) groups is 1. The zero-order valence-electron chi connectivity index (χ0n) is 13.5. The van der Waals surface area contributed by atoms with Crippen LogP contribution < -0.4 is 11.1 Å². The number of phenols is 1. The lowest BCUT2D eigenvalue weighted by atomic mass is 9.81. The summed E-state index contributed by atoms with van der Waals surface area (Å²) in [5.74, 6) is 0.0171. The number of hydrogen-bond donors (Lipinski definition) is 3. The number of ether oxygens (including phenoxy) is 1. The van der Waals surface area contributed by atoms with Gasteiger partial charge >= 0.3 is 6.09 Å². The van der Waals surface area contributed by atoms with Crippen molar-refractivity contribution in [3.05, 3.63) is 23.8 Å². The van der Waals surface area contributed by atoms with Gasteiger partial charge in [-0.3, -0.25) is 5.32 Å². The van der Waals surface area contributed by atoms with E-state index >= 15 is 0 Å². The fourth-order valence-electron chi connectivity index (χ4n) is 1.98. The molecule has 0 spiro atoms. The summed E-state index contributed by atoms with van der Waals surface area (Å²) in [6.45, 7) is 10.1. The normalized spacial score (nSPS) is 12.1. The van der Waals surface area contributed by atoms with Crippen LogP contribution in [0.4, 0.5) is 10.5 Å². The van der Waals surface area contributed by atoms with E-state index in [1.807, 2.05) is 6.07 Å². The van der Waals surface area contributed by atoms with E-state index in [2.05, 4.69) is 19.2 Å². The van der Waals surface area contributed by atoms with Crippen LogP contribution in [0, 0.1) is 0 Å². The predicted octanol–water partition coefficient (Wildman–Crippen LogP) is 3.37. The first-order valence-electron chi connectivity index (χ1n) is 7.09. The van der Waals surface area contributed by atoms with Crippen molar-refractivity contribution in [2.75, 3.05) is 11.9 Å². The highest BCUT2D eigenvalue weighted by Gasteiger charge is 2.22. The Hall–Kier alpha value is -1.75. The molecule has 0 atom stereocenters. The molecule has 5 nitrogen and oxygen atoms in total. The highest BCUT2D eigenvalue weighted by atomic mass is 16.6. The Morgan fingerprint density at radius 1 is 1.29 bits per heavy atom. The Kier molecular flexibility index (Phi) is 5.23. The number of benzene rings is 1. The largest absolute Gasteiger partial charge is 0.506 e. The van der Waals surface area contributed by atoms with Crippen LogP contribution in [0.1, 0.15) is 46.6 Å². The third-order valence-electron chi connectivity index (χ3n) is 3.18. The van der Waals surface area contributed by atoms with E-state index in [0.29, 0.717) is 12.2 Å². The third kappa shape index (κ3) is 5.27. The number of phenolic OH excluding ortho intramolecular Hbond substituents is 1. The molecule has 0 saturated heterocycles. The molecule has 4 N–H and O–H groups in total. The van der Waals surface area contributed by atoms with Crippen molar-refractivity contribution in [3.63, 3.8) is 0 Å². The Balaban J connectivity index is 2.86. The summed E-state index contributed by atoms with van der Waals surface area (Å²) in [5, 5.41) is 12.6. The molecule has 1 amide bonds. The average Bonchev–Trinajstić information content (AvgIpc) is 2.29. The van der Waals surface area contributed by atoms with E-state index in [1.54, 1.807) is 32.9 Å². The zero-order valence-corrected chi connectivity index (χ0v) is 13.5. The molecule has 21 heavy (non-hydrogen) atoms. The molecule has 5 heteroatoms. The fraction of sp³-hybridized carbons (Fsp3) is 0.562. The van der Waals surface area contributed by atoms with Crippen LogP contribution in [0.2, 0.25) is 0 Å². The van der Waals surface area contributed by atoms with Gasteiger partial charge in [-0.1, -0.05) is 19.9 Å². The summed E-state index contributed by atoms with van der Waals surface area (Å²) >= 11 is 0. The van der Waals surface area contributed by atoms with Crippen LogP contribution in [0.3, 0.4) is 0 Å². The number of nitrogens with two attached hydrogens (primary N) is 1. The molecule has 0 aliphatic carbocycles. The molecule has 0 fully saturated rings. The van der Waals surface area contributed by atoms with Gasteiger partial charge in [-0.15, -0.1) is 0 Å².